The Morgan fingerprint density at radius 2 is 1.18 bits per heavy atom. The van der Waals surface area contributed by atoms with E-state index in [1.165, 1.54) is 67.0 Å². The molecule has 2 heteroatoms. The Balaban J connectivity index is 1.05. The van der Waals surface area contributed by atoms with Gasteiger partial charge < -0.3 is 0 Å². The summed E-state index contributed by atoms with van der Waals surface area (Å²) in [5, 5.41) is 5.07. The Hall–Kier alpha value is -5.83. The molecule has 0 radical (unpaired) electrons. The first-order valence-electron chi connectivity index (χ1n) is 18.1. The van der Waals surface area contributed by atoms with Crippen molar-refractivity contribution in [2.24, 2.45) is 4.99 Å². The van der Waals surface area contributed by atoms with Crippen molar-refractivity contribution in [3.05, 3.63) is 192 Å². The molecule has 0 N–H and O–H groups in total. The molecule has 2 aliphatic heterocycles. The quantitative estimate of drug-likeness (QED) is 0.117. The highest BCUT2D eigenvalue weighted by Gasteiger charge is 2.37. The Bertz CT molecular complexity index is 2470. The highest BCUT2D eigenvalue weighted by molar-refractivity contribution is 6.03. The number of hydrogen-bond donors (Lipinski definition) is 0. The summed E-state index contributed by atoms with van der Waals surface area (Å²) >= 11 is 0. The lowest BCUT2D eigenvalue weighted by Crippen LogP contribution is -1.98. The van der Waals surface area contributed by atoms with E-state index in [0.29, 0.717) is 6.04 Å². The van der Waals surface area contributed by atoms with Crippen molar-refractivity contribution in [2.45, 2.75) is 25.8 Å². The topological polar surface area (TPSA) is 15.4 Å². The third kappa shape index (κ3) is 6.24. The molecule has 9 rings (SSSR count). The summed E-state index contributed by atoms with van der Waals surface area (Å²) in [6, 6.07) is 57.9. The van der Waals surface area contributed by atoms with Crippen molar-refractivity contribution in [3.8, 4) is 22.3 Å². The maximum Gasteiger partial charge on any atom is 0.0671 e. The van der Waals surface area contributed by atoms with Crippen LogP contribution in [0, 0.1) is 0 Å². The third-order valence-corrected chi connectivity index (χ3v) is 10.7. The van der Waals surface area contributed by atoms with Gasteiger partial charge in [0, 0.05) is 30.8 Å². The van der Waals surface area contributed by atoms with Gasteiger partial charge in [0.15, 0.2) is 0 Å². The predicted octanol–water partition coefficient (Wildman–Crippen LogP) is 12.1. The van der Waals surface area contributed by atoms with Crippen molar-refractivity contribution < 1.29 is 0 Å². The first kappa shape index (κ1) is 31.2. The van der Waals surface area contributed by atoms with Gasteiger partial charge in [-0.1, -0.05) is 177 Å². The van der Waals surface area contributed by atoms with Crippen LogP contribution in [0.15, 0.2) is 175 Å². The van der Waals surface area contributed by atoms with E-state index < -0.39 is 0 Å². The molecule has 0 spiro atoms. The van der Waals surface area contributed by atoms with Crippen LogP contribution in [0.1, 0.15) is 42.0 Å². The van der Waals surface area contributed by atoms with Crippen LogP contribution < -0.4 is 0 Å². The highest BCUT2D eigenvalue weighted by atomic mass is 15.3. The van der Waals surface area contributed by atoms with E-state index >= 15 is 0 Å². The summed E-state index contributed by atoms with van der Waals surface area (Å²) in [4.78, 5) is 7.85. The first-order chi connectivity index (χ1) is 25.1. The fourth-order valence-corrected chi connectivity index (χ4v) is 7.72. The molecule has 7 aromatic rings. The molecule has 246 valence electrons. The normalized spacial score (nSPS) is 17.7. The van der Waals surface area contributed by atoms with Crippen molar-refractivity contribution >= 4 is 38.5 Å². The summed E-state index contributed by atoms with van der Waals surface area (Å²) in [7, 11) is 0. The van der Waals surface area contributed by atoms with E-state index in [4.69, 9.17) is 4.99 Å². The fraction of sp³-hybridized carbons (Fsp3) is 0.122. The third-order valence-electron chi connectivity index (χ3n) is 10.7. The van der Waals surface area contributed by atoms with Gasteiger partial charge in [-0.15, -0.1) is 0 Å². The zero-order chi connectivity index (χ0) is 34.3. The highest BCUT2D eigenvalue weighted by Crippen LogP contribution is 2.35. The molecule has 0 aromatic heterocycles. The summed E-state index contributed by atoms with van der Waals surface area (Å²) in [5.74, 6) is 0.163. The molecule has 2 nitrogen and oxygen atoms in total. The van der Waals surface area contributed by atoms with Crippen LogP contribution in [0.25, 0.3) is 55.1 Å². The van der Waals surface area contributed by atoms with Crippen molar-refractivity contribution in [1.82, 2.24) is 4.90 Å². The molecular weight excluding hydrogens is 617 g/mol. The molecular formula is C49H40N2. The lowest BCUT2D eigenvalue weighted by Gasteiger charge is -2.14. The molecule has 51 heavy (non-hydrogen) atoms. The van der Waals surface area contributed by atoms with Gasteiger partial charge in [-0.3, -0.25) is 9.89 Å². The smallest absolute Gasteiger partial charge is 0.0671 e. The average Bonchev–Trinajstić information content (AvgIpc) is 3.80. The molecule has 0 bridgehead atoms. The number of nitrogens with zero attached hydrogens (tertiary/aromatic N) is 2. The second-order valence-corrected chi connectivity index (χ2v) is 14.1. The average molecular weight is 657 g/mol. The fourth-order valence-electron chi connectivity index (χ4n) is 7.72. The molecule has 2 heterocycles. The molecule has 0 amide bonds. The van der Waals surface area contributed by atoms with Crippen molar-refractivity contribution in [1.29, 1.82) is 0 Å². The van der Waals surface area contributed by atoms with E-state index in [9.17, 15) is 0 Å². The van der Waals surface area contributed by atoms with Crippen LogP contribution in [-0.2, 0) is 0 Å². The lowest BCUT2D eigenvalue weighted by atomic mass is 9.93. The molecule has 3 unspecified atom stereocenters. The zero-order valence-corrected chi connectivity index (χ0v) is 29.1. The van der Waals surface area contributed by atoms with Crippen LogP contribution in [-0.4, -0.2) is 29.7 Å². The Morgan fingerprint density at radius 1 is 0.608 bits per heavy atom. The summed E-state index contributed by atoms with van der Waals surface area (Å²) in [5.41, 5.74) is 13.2. The van der Waals surface area contributed by atoms with E-state index in [-0.39, 0.29) is 5.92 Å². The molecule has 1 fully saturated rings. The Labute approximate surface area is 300 Å². The van der Waals surface area contributed by atoms with Gasteiger partial charge in [0.2, 0.25) is 0 Å². The van der Waals surface area contributed by atoms with Crippen LogP contribution in [0.4, 0.5) is 0 Å². The minimum Gasteiger partial charge on any atom is -0.289 e. The van der Waals surface area contributed by atoms with Gasteiger partial charge in [0.1, 0.15) is 0 Å². The molecule has 1 saturated heterocycles. The van der Waals surface area contributed by atoms with Gasteiger partial charge in [-0.25, -0.2) is 0 Å². The second-order valence-electron chi connectivity index (χ2n) is 14.1. The van der Waals surface area contributed by atoms with Crippen LogP contribution in [0.2, 0.25) is 0 Å². The second kappa shape index (κ2) is 13.1. The van der Waals surface area contributed by atoms with Gasteiger partial charge in [-0.2, -0.15) is 0 Å². The van der Waals surface area contributed by atoms with E-state index in [2.05, 4.69) is 189 Å². The van der Waals surface area contributed by atoms with Crippen LogP contribution >= 0.6 is 0 Å². The SMILES string of the molecule is C/C(=N\C(=C/C(C)c1cccc2ccccc12)c1ccc(-c2ccc(C3=CC4CN4C3)cc2)cc1)c1ccc(-c2cccc3ccccc23)cc1. The minimum atomic E-state index is 0.163. The van der Waals surface area contributed by atoms with E-state index in [1.54, 1.807) is 0 Å². The standard InChI is InChI=1S/C49H40N2/c1-33(45-15-7-11-39-9-3-5-13-46(39)45)29-49(42-27-23-37(24-28-42)36-19-21-38(22-20-36)43-30-44-32-51(44)31-43)50-34(2)35-17-25-41(26-18-35)48-16-8-12-40-10-4-6-14-47(40)48/h3-30,33,44H,31-32H2,1-2H3/b49-29-,50-34+. The first-order valence-corrected chi connectivity index (χ1v) is 18.1. The molecule has 0 aliphatic carbocycles. The van der Waals surface area contributed by atoms with Crippen molar-refractivity contribution in [2.75, 3.05) is 13.1 Å². The van der Waals surface area contributed by atoms with Crippen LogP contribution in [0.3, 0.4) is 0 Å². The maximum atomic E-state index is 5.35. The summed E-state index contributed by atoms with van der Waals surface area (Å²) in [6.07, 6.45) is 4.76. The number of allylic oxidation sites excluding steroid dienone is 1. The Kier molecular flexibility index (Phi) is 8.03. The summed E-state index contributed by atoms with van der Waals surface area (Å²) < 4.78 is 0. The van der Waals surface area contributed by atoms with Gasteiger partial charge >= 0.3 is 0 Å². The van der Waals surface area contributed by atoms with Crippen molar-refractivity contribution in [3.63, 3.8) is 0 Å². The molecule has 3 atom stereocenters. The Morgan fingerprint density at radius 3 is 1.88 bits per heavy atom. The van der Waals surface area contributed by atoms with Gasteiger partial charge in [0.05, 0.1) is 5.70 Å². The maximum absolute atomic E-state index is 5.35. The number of hydrogen-bond acceptors (Lipinski definition) is 2. The van der Waals surface area contributed by atoms with Gasteiger partial charge in [-0.05, 0) is 78.5 Å². The largest absolute Gasteiger partial charge is 0.289 e. The number of fused-ring (bicyclic) bond motifs is 3. The number of rotatable bonds is 8. The molecule has 7 aromatic carbocycles. The number of benzene rings is 7. The van der Waals surface area contributed by atoms with E-state index in [1.807, 2.05) is 0 Å². The van der Waals surface area contributed by atoms with Gasteiger partial charge in [0.25, 0.3) is 0 Å². The summed E-state index contributed by atoms with van der Waals surface area (Å²) in [6.45, 7) is 6.72. The number of aliphatic imine (C=N–C) groups is 1. The van der Waals surface area contributed by atoms with Crippen LogP contribution in [0.5, 0.6) is 0 Å². The monoisotopic (exact) mass is 656 g/mol. The van der Waals surface area contributed by atoms with E-state index in [0.717, 1.165) is 29.1 Å². The lowest BCUT2D eigenvalue weighted by molar-refractivity contribution is 0.628. The molecule has 0 saturated carbocycles. The minimum absolute atomic E-state index is 0.163. The zero-order valence-electron chi connectivity index (χ0n) is 29.1. The molecule has 2 aliphatic rings. The predicted molar refractivity (Wildman–Crippen MR) is 217 cm³/mol.